The second kappa shape index (κ2) is 5.89. The predicted molar refractivity (Wildman–Crippen MR) is 51.4 cm³/mol. The van der Waals surface area contributed by atoms with Crippen molar-refractivity contribution in [3.8, 4) is 0 Å². The Hall–Kier alpha value is -0.670. The first-order valence-corrected chi connectivity index (χ1v) is 3.75. The number of halogens is 3. The molecule has 4 heteroatoms. The van der Waals surface area contributed by atoms with Crippen molar-refractivity contribution in [2.45, 2.75) is 13.0 Å². The predicted octanol–water partition coefficient (Wildman–Crippen LogP) is 2.77. The molecule has 0 saturated heterocycles. The molecule has 0 aliphatic rings. The van der Waals surface area contributed by atoms with Crippen LogP contribution in [0.2, 0.25) is 0 Å². The lowest BCUT2D eigenvalue weighted by Crippen LogP contribution is -2.04. The highest BCUT2D eigenvalue weighted by molar-refractivity contribution is 5.85. The standard InChI is InChI=1S/C9H11F2N.ClH/c1-12-6-7-2-4-8(5-3-7)9(10)11;/h2-5,9,12H,6H2,1H3;1H. The molecule has 0 unspecified atom stereocenters. The summed E-state index contributed by atoms with van der Waals surface area (Å²) < 4.78 is 24.1. The molecular weight excluding hydrogens is 196 g/mol. The summed E-state index contributed by atoms with van der Waals surface area (Å²) >= 11 is 0. The van der Waals surface area contributed by atoms with Gasteiger partial charge in [0.25, 0.3) is 6.43 Å². The van der Waals surface area contributed by atoms with Crippen molar-refractivity contribution >= 4 is 12.4 Å². The van der Waals surface area contributed by atoms with Crippen molar-refractivity contribution in [1.82, 2.24) is 5.32 Å². The summed E-state index contributed by atoms with van der Waals surface area (Å²) in [6.45, 7) is 0.712. The van der Waals surface area contributed by atoms with Crippen LogP contribution in [0.3, 0.4) is 0 Å². The first-order valence-electron chi connectivity index (χ1n) is 3.75. The van der Waals surface area contributed by atoms with Crippen molar-refractivity contribution in [2.24, 2.45) is 0 Å². The molecule has 0 atom stereocenters. The van der Waals surface area contributed by atoms with Gasteiger partial charge in [-0.2, -0.15) is 0 Å². The lowest BCUT2D eigenvalue weighted by atomic mass is 10.1. The van der Waals surface area contributed by atoms with Crippen LogP contribution in [0.5, 0.6) is 0 Å². The van der Waals surface area contributed by atoms with Gasteiger partial charge < -0.3 is 5.32 Å². The molecule has 0 amide bonds. The van der Waals surface area contributed by atoms with E-state index in [0.717, 1.165) is 5.56 Å². The fourth-order valence-corrected chi connectivity index (χ4v) is 0.985. The maximum Gasteiger partial charge on any atom is 0.263 e. The van der Waals surface area contributed by atoms with Gasteiger partial charge in [0, 0.05) is 12.1 Å². The molecule has 1 N–H and O–H groups in total. The third kappa shape index (κ3) is 3.70. The maximum absolute atomic E-state index is 12.1. The number of hydrogen-bond acceptors (Lipinski definition) is 1. The molecule has 1 aromatic carbocycles. The molecule has 0 bridgehead atoms. The van der Waals surface area contributed by atoms with E-state index in [2.05, 4.69) is 5.32 Å². The fraction of sp³-hybridized carbons (Fsp3) is 0.333. The number of nitrogens with one attached hydrogen (secondary N) is 1. The van der Waals surface area contributed by atoms with Crippen LogP contribution in [0.1, 0.15) is 17.6 Å². The molecule has 0 aliphatic heterocycles. The van der Waals surface area contributed by atoms with Gasteiger partial charge in [0.15, 0.2) is 0 Å². The number of hydrogen-bond donors (Lipinski definition) is 1. The molecular formula is C9H12ClF2N. The quantitative estimate of drug-likeness (QED) is 0.804. The third-order valence-corrected chi connectivity index (χ3v) is 1.61. The lowest BCUT2D eigenvalue weighted by molar-refractivity contribution is 0.151. The van der Waals surface area contributed by atoms with Crippen LogP contribution in [-0.2, 0) is 6.54 Å². The van der Waals surface area contributed by atoms with Gasteiger partial charge in [-0.1, -0.05) is 24.3 Å². The van der Waals surface area contributed by atoms with Crippen LogP contribution in [-0.4, -0.2) is 7.05 Å². The van der Waals surface area contributed by atoms with Crippen molar-refractivity contribution in [2.75, 3.05) is 7.05 Å². The molecule has 1 rings (SSSR count). The highest BCUT2D eigenvalue weighted by Crippen LogP contribution is 2.18. The Kier molecular flexibility index (Phi) is 5.58. The smallest absolute Gasteiger partial charge is 0.263 e. The van der Waals surface area contributed by atoms with Crippen LogP contribution in [0.25, 0.3) is 0 Å². The Labute approximate surface area is 82.6 Å². The molecule has 13 heavy (non-hydrogen) atoms. The number of alkyl halides is 2. The summed E-state index contributed by atoms with van der Waals surface area (Å²) in [6.07, 6.45) is -2.37. The van der Waals surface area contributed by atoms with Crippen molar-refractivity contribution in [1.29, 1.82) is 0 Å². The zero-order valence-corrected chi connectivity index (χ0v) is 8.07. The molecule has 0 radical (unpaired) electrons. The number of rotatable bonds is 3. The zero-order chi connectivity index (χ0) is 8.97. The Morgan fingerprint density at radius 1 is 1.23 bits per heavy atom. The van der Waals surface area contributed by atoms with E-state index in [1.807, 2.05) is 7.05 Å². The lowest BCUT2D eigenvalue weighted by Gasteiger charge is -2.01. The fourth-order valence-electron chi connectivity index (χ4n) is 0.985. The van der Waals surface area contributed by atoms with Crippen LogP contribution in [0.15, 0.2) is 24.3 Å². The summed E-state index contributed by atoms with van der Waals surface area (Å²) in [5.74, 6) is 0. The molecule has 0 spiro atoms. The molecule has 0 aromatic heterocycles. The Morgan fingerprint density at radius 3 is 2.15 bits per heavy atom. The first-order chi connectivity index (χ1) is 5.74. The molecule has 0 fully saturated rings. The normalized spacial score (nSPS) is 9.85. The highest BCUT2D eigenvalue weighted by atomic mass is 35.5. The molecule has 74 valence electrons. The van der Waals surface area contributed by atoms with E-state index >= 15 is 0 Å². The third-order valence-electron chi connectivity index (χ3n) is 1.61. The van der Waals surface area contributed by atoms with Gasteiger partial charge in [-0.15, -0.1) is 12.4 Å². The van der Waals surface area contributed by atoms with Crippen molar-refractivity contribution in [3.63, 3.8) is 0 Å². The zero-order valence-electron chi connectivity index (χ0n) is 7.26. The monoisotopic (exact) mass is 207 g/mol. The summed E-state index contributed by atoms with van der Waals surface area (Å²) in [5.41, 5.74) is 1.09. The van der Waals surface area contributed by atoms with Gasteiger partial charge in [-0.3, -0.25) is 0 Å². The van der Waals surface area contributed by atoms with Crippen molar-refractivity contribution in [3.05, 3.63) is 35.4 Å². The number of benzene rings is 1. The first kappa shape index (κ1) is 12.3. The van der Waals surface area contributed by atoms with E-state index < -0.39 is 6.43 Å². The molecule has 0 aliphatic carbocycles. The van der Waals surface area contributed by atoms with Crippen LogP contribution < -0.4 is 5.32 Å². The van der Waals surface area contributed by atoms with Crippen molar-refractivity contribution < 1.29 is 8.78 Å². The van der Waals surface area contributed by atoms with Crippen LogP contribution >= 0.6 is 12.4 Å². The maximum atomic E-state index is 12.1. The van der Waals surface area contributed by atoms with Gasteiger partial charge in [0.05, 0.1) is 0 Å². The van der Waals surface area contributed by atoms with E-state index in [4.69, 9.17) is 0 Å². The summed E-state index contributed by atoms with van der Waals surface area (Å²) in [6, 6.07) is 6.32. The second-order valence-electron chi connectivity index (χ2n) is 2.57. The summed E-state index contributed by atoms with van der Waals surface area (Å²) in [7, 11) is 1.82. The molecule has 0 saturated carbocycles. The van der Waals surface area contributed by atoms with E-state index in [1.54, 1.807) is 12.1 Å². The van der Waals surface area contributed by atoms with Crippen LogP contribution in [0, 0.1) is 0 Å². The molecule has 1 aromatic rings. The van der Waals surface area contributed by atoms with E-state index in [-0.39, 0.29) is 18.0 Å². The molecule has 1 nitrogen and oxygen atoms in total. The minimum atomic E-state index is -2.37. The van der Waals surface area contributed by atoms with Gasteiger partial charge in [0.2, 0.25) is 0 Å². The Bertz CT molecular complexity index is 236. The minimum absolute atomic E-state index is 0. The SMILES string of the molecule is CNCc1ccc(C(F)F)cc1.Cl. The topological polar surface area (TPSA) is 12.0 Å². The van der Waals surface area contributed by atoms with E-state index in [0.29, 0.717) is 6.54 Å². The van der Waals surface area contributed by atoms with Crippen LogP contribution in [0.4, 0.5) is 8.78 Å². The Morgan fingerprint density at radius 2 is 1.77 bits per heavy atom. The van der Waals surface area contributed by atoms with Gasteiger partial charge in [0.1, 0.15) is 0 Å². The van der Waals surface area contributed by atoms with Gasteiger partial charge >= 0.3 is 0 Å². The average Bonchev–Trinajstić information content (AvgIpc) is 2.06. The minimum Gasteiger partial charge on any atom is -0.316 e. The van der Waals surface area contributed by atoms with E-state index in [1.165, 1.54) is 12.1 Å². The Balaban J connectivity index is 0.00000144. The van der Waals surface area contributed by atoms with Gasteiger partial charge in [-0.05, 0) is 12.6 Å². The average molecular weight is 208 g/mol. The second-order valence-corrected chi connectivity index (χ2v) is 2.57. The highest BCUT2D eigenvalue weighted by Gasteiger charge is 2.04. The van der Waals surface area contributed by atoms with Gasteiger partial charge in [-0.25, -0.2) is 8.78 Å². The summed E-state index contributed by atoms with van der Waals surface area (Å²) in [5, 5.41) is 2.95. The van der Waals surface area contributed by atoms with E-state index in [9.17, 15) is 8.78 Å². The summed E-state index contributed by atoms with van der Waals surface area (Å²) in [4.78, 5) is 0. The molecule has 0 heterocycles. The largest absolute Gasteiger partial charge is 0.316 e.